The van der Waals surface area contributed by atoms with Crippen molar-refractivity contribution in [1.29, 1.82) is 0 Å². The topological polar surface area (TPSA) is 25.8 Å². The van der Waals surface area contributed by atoms with Crippen LogP contribution in [0.1, 0.15) is 45.0 Å². The summed E-state index contributed by atoms with van der Waals surface area (Å²) in [7, 11) is 0. The van der Waals surface area contributed by atoms with Crippen molar-refractivity contribution >= 4 is 0 Å². The third kappa shape index (κ3) is 3.86. The molecule has 0 saturated heterocycles. The van der Waals surface area contributed by atoms with Crippen molar-refractivity contribution in [3.8, 4) is 0 Å². The lowest BCUT2D eigenvalue weighted by molar-refractivity contribution is 0.966. The van der Waals surface area contributed by atoms with Gasteiger partial charge in [0.2, 0.25) is 0 Å². The van der Waals surface area contributed by atoms with E-state index in [9.17, 15) is 0 Å². The Morgan fingerprint density at radius 2 is 0.679 bits per heavy atom. The number of benzene rings is 2. The molecule has 1 aliphatic heterocycles. The molecule has 28 heavy (non-hydrogen) atoms. The van der Waals surface area contributed by atoms with E-state index >= 15 is 0 Å². The van der Waals surface area contributed by atoms with Crippen LogP contribution in [-0.2, 0) is 25.7 Å². The lowest BCUT2D eigenvalue weighted by Crippen LogP contribution is -2.02. The van der Waals surface area contributed by atoms with Crippen LogP contribution in [0.5, 0.6) is 0 Å². The third-order valence-electron chi connectivity index (χ3n) is 5.25. The maximum atomic E-state index is 4.92. The summed E-state index contributed by atoms with van der Waals surface area (Å²) in [5, 5.41) is 0. The molecule has 2 heteroatoms. The van der Waals surface area contributed by atoms with Gasteiger partial charge in [0.25, 0.3) is 0 Å². The highest BCUT2D eigenvalue weighted by atomic mass is 14.7. The second kappa shape index (κ2) is 7.40. The first-order chi connectivity index (χ1) is 13.8. The number of rotatable bonds is 0. The Morgan fingerprint density at radius 3 is 1.00 bits per heavy atom. The molecule has 0 saturated carbocycles. The average molecular weight is 362 g/mol. The maximum absolute atomic E-state index is 4.92. The highest BCUT2D eigenvalue weighted by Gasteiger charge is 2.07. The van der Waals surface area contributed by atoms with Crippen LogP contribution in [0.15, 0.2) is 84.9 Å². The van der Waals surface area contributed by atoms with Gasteiger partial charge in [0.05, 0.1) is 0 Å². The average Bonchev–Trinajstić information content (AvgIpc) is 2.69. The molecule has 0 N–H and O–H groups in total. The van der Waals surface area contributed by atoms with Gasteiger partial charge in [0.1, 0.15) is 0 Å². The fraction of sp³-hybridized carbons (Fsp3) is 0.154. The summed E-state index contributed by atoms with van der Waals surface area (Å²) >= 11 is 0. The Hall–Kier alpha value is -3.26. The summed E-state index contributed by atoms with van der Waals surface area (Å²) in [6.45, 7) is 0. The molecule has 8 bridgehead atoms. The van der Waals surface area contributed by atoms with Gasteiger partial charge < -0.3 is 0 Å². The second-order valence-corrected chi connectivity index (χ2v) is 7.59. The zero-order valence-corrected chi connectivity index (χ0v) is 15.8. The third-order valence-corrected chi connectivity index (χ3v) is 5.25. The lowest BCUT2D eigenvalue weighted by Gasteiger charge is -2.10. The van der Waals surface area contributed by atoms with E-state index in [2.05, 4.69) is 84.9 Å². The molecule has 0 fully saturated rings. The van der Waals surface area contributed by atoms with Crippen LogP contribution in [0.4, 0.5) is 0 Å². The fourth-order valence-electron chi connectivity index (χ4n) is 3.99. The van der Waals surface area contributed by atoms with E-state index in [0.29, 0.717) is 0 Å². The number of hydrogen-bond donors (Lipinski definition) is 0. The molecular formula is C26H22N2. The van der Waals surface area contributed by atoms with E-state index in [1.807, 2.05) is 0 Å². The maximum Gasteiger partial charge on any atom is 0.0450 e. The minimum atomic E-state index is 0.856. The summed E-state index contributed by atoms with van der Waals surface area (Å²) in [6, 6.07) is 30.4. The van der Waals surface area contributed by atoms with E-state index in [1.165, 1.54) is 22.3 Å². The van der Waals surface area contributed by atoms with Crippen molar-refractivity contribution < 1.29 is 0 Å². The summed E-state index contributed by atoms with van der Waals surface area (Å²) in [5.41, 5.74) is 9.69. The molecule has 0 spiro atoms. The molecule has 2 nitrogen and oxygen atoms in total. The summed E-state index contributed by atoms with van der Waals surface area (Å²) in [4.78, 5) is 9.84. The number of hydrogen-bond acceptors (Lipinski definition) is 2. The predicted molar refractivity (Wildman–Crippen MR) is 113 cm³/mol. The summed E-state index contributed by atoms with van der Waals surface area (Å²) in [6.07, 6.45) is 3.43. The molecule has 0 radical (unpaired) electrons. The van der Waals surface area contributed by atoms with Gasteiger partial charge >= 0.3 is 0 Å². The smallest absolute Gasteiger partial charge is 0.0450 e. The molecule has 2 aromatic heterocycles. The molecule has 2 aromatic carbocycles. The first-order valence-electron chi connectivity index (χ1n) is 9.85. The highest BCUT2D eigenvalue weighted by molar-refractivity contribution is 5.33. The number of pyridine rings is 2. The summed E-state index contributed by atoms with van der Waals surface area (Å²) < 4.78 is 0. The van der Waals surface area contributed by atoms with E-state index in [1.54, 1.807) is 0 Å². The Bertz CT molecular complexity index is 879. The first kappa shape index (κ1) is 16.9. The van der Waals surface area contributed by atoms with Gasteiger partial charge in [-0.1, -0.05) is 60.7 Å². The number of fused-ring (bicyclic) bond motifs is 8. The molecule has 0 unspecified atom stereocenters. The standard InChI is InChI=1S/C26H22N2/c1-5-19-13-20(6-1)16-24-10-4-12-26(28-24)18-22-8-2-7-21(14-22)17-25-11-3-9-23(15-19)27-25/h1-14H,15-18H2. The van der Waals surface area contributed by atoms with E-state index in [4.69, 9.17) is 9.97 Å². The van der Waals surface area contributed by atoms with Crippen molar-refractivity contribution in [1.82, 2.24) is 9.97 Å². The van der Waals surface area contributed by atoms with Crippen LogP contribution >= 0.6 is 0 Å². The van der Waals surface area contributed by atoms with Crippen molar-refractivity contribution in [2.45, 2.75) is 25.7 Å². The van der Waals surface area contributed by atoms with Crippen LogP contribution in [-0.4, -0.2) is 9.97 Å². The van der Waals surface area contributed by atoms with E-state index in [0.717, 1.165) is 48.5 Å². The normalized spacial score (nSPS) is 13.1. The van der Waals surface area contributed by atoms with Crippen molar-refractivity contribution in [2.75, 3.05) is 0 Å². The molecule has 136 valence electrons. The Balaban J connectivity index is 1.60. The van der Waals surface area contributed by atoms with Gasteiger partial charge in [-0.3, -0.25) is 9.97 Å². The van der Waals surface area contributed by atoms with Crippen LogP contribution < -0.4 is 0 Å². The van der Waals surface area contributed by atoms with Gasteiger partial charge in [-0.25, -0.2) is 0 Å². The highest BCUT2D eigenvalue weighted by Crippen LogP contribution is 2.18. The minimum Gasteiger partial charge on any atom is -0.257 e. The summed E-state index contributed by atoms with van der Waals surface area (Å²) in [5.74, 6) is 0. The predicted octanol–water partition coefficient (Wildman–Crippen LogP) is 5.15. The monoisotopic (exact) mass is 362 g/mol. The van der Waals surface area contributed by atoms with Crippen LogP contribution in [0.3, 0.4) is 0 Å². The van der Waals surface area contributed by atoms with Gasteiger partial charge in [-0.15, -0.1) is 0 Å². The van der Waals surface area contributed by atoms with E-state index in [-0.39, 0.29) is 0 Å². The molecule has 0 atom stereocenters. The van der Waals surface area contributed by atoms with E-state index < -0.39 is 0 Å². The second-order valence-electron chi connectivity index (χ2n) is 7.59. The van der Waals surface area contributed by atoms with Gasteiger partial charge in [-0.05, 0) is 46.5 Å². The zero-order valence-electron chi connectivity index (χ0n) is 15.8. The molecule has 3 heterocycles. The van der Waals surface area contributed by atoms with Crippen LogP contribution in [0, 0.1) is 0 Å². The Labute approximate surface area is 165 Å². The van der Waals surface area contributed by atoms with Gasteiger partial charge in [-0.2, -0.15) is 0 Å². The van der Waals surface area contributed by atoms with Crippen molar-refractivity contribution in [3.05, 3.63) is 130 Å². The van der Waals surface area contributed by atoms with Crippen LogP contribution in [0.2, 0.25) is 0 Å². The quantitative estimate of drug-likeness (QED) is 0.381. The zero-order chi connectivity index (χ0) is 18.8. The Morgan fingerprint density at radius 1 is 0.393 bits per heavy atom. The molecule has 5 rings (SSSR count). The largest absolute Gasteiger partial charge is 0.257 e. The lowest BCUT2D eigenvalue weighted by atomic mass is 10.0. The molecule has 4 aromatic rings. The van der Waals surface area contributed by atoms with Crippen LogP contribution in [0.25, 0.3) is 0 Å². The Kier molecular flexibility index (Phi) is 4.46. The minimum absolute atomic E-state index is 0.856. The van der Waals surface area contributed by atoms with Crippen molar-refractivity contribution in [3.63, 3.8) is 0 Å². The van der Waals surface area contributed by atoms with Crippen molar-refractivity contribution in [2.24, 2.45) is 0 Å². The van der Waals surface area contributed by atoms with Gasteiger partial charge in [0, 0.05) is 48.5 Å². The van der Waals surface area contributed by atoms with Gasteiger partial charge in [0.15, 0.2) is 0 Å². The number of nitrogens with zero attached hydrogens (tertiary/aromatic N) is 2. The molecule has 1 aliphatic rings. The number of aromatic nitrogens is 2. The molecular weight excluding hydrogens is 340 g/mol. The molecule has 0 amide bonds. The molecule has 0 aliphatic carbocycles. The SMILES string of the molecule is c1cc2cc(c1)Cc1cccc(n1)Cc1cccc(c1)Cc1cccc(n1)C2. The first-order valence-corrected chi connectivity index (χ1v) is 9.85. The fourth-order valence-corrected chi connectivity index (χ4v) is 3.99.